The molecule has 0 fully saturated rings. The van der Waals surface area contributed by atoms with Crippen LogP contribution in [-0.2, 0) is 16.0 Å². The molecule has 0 radical (unpaired) electrons. The molecule has 0 spiro atoms. The molecule has 0 aliphatic heterocycles. The quantitative estimate of drug-likeness (QED) is 0.542. The van der Waals surface area contributed by atoms with Crippen LogP contribution in [0.5, 0.6) is 0 Å². The van der Waals surface area contributed by atoms with E-state index in [0.29, 0.717) is 12.4 Å². The number of guanidine groups is 1. The van der Waals surface area contributed by atoms with E-state index in [4.69, 9.17) is 15.2 Å². The number of rotatable bonds is 2. The highest BCUT2D eigenvalue weighted by Crippen LogP contribution is 2.20. The van der Waals surface area contributed by atoms with Gasteiger partial charge in [-0.15, -0.1) is 0 Å². The van der Waals surface area contributed by atoms with Crippen molar-refractivity contribution in [3.8, 4) is 0 Å². The lowest BCUT2D eigenvalue weighted by Gasteiger charge is -2.22. The number of ether oxygens (including phenoxy) is 2. The molecule has 0 aliphatic rings. The van der Waals surface area contributed by atoms with Gasteiger partial charge in [-0.2, -0.15) is 5.10 Å². The molecule has 0 aliphatic carbocycles. The summed E-state index contributed by atoms with van der Waals surface area (Å²) >= 11 is 0. The average molecular weight is 368 g/mol. The number of aliphatic imine (C=N–C) groups is 1. The monoisotopic (exact) mass is 368 g/mol. The van der Waals surface area contributed by atoms with Gasteiger partial charge in [0.2, 0.25) is 5.96 Å². The number of alkyl carbamates (subject to hydrolysis) is 2. The molecular formula is C16H28N6O4. The van der Waals surface area contributed by atoms with Crippen molar-refractivity contribution >= 4 is 29.7 Å². The Bertz CT molecular complexity index is 650. The van der Waals surface area contributed by atoms with Gasteiger partial charge in [-0.1, -0.05) is 0 Å². The summed E-state index contributed by atoms with van der Waals surface area (Å²) in [6, 6.07) is 0. The standard InChI is InChI=1S/C16H28N6O4/c1-8-22-11(17)10(9-18-22)19-12(20-13(23)25-15(2,3)4)21-14(24)26-16(5,6)7/h9H,8,17H2,1-7H3,(H2,19,20,21,23,24). The number of carbonyl (C=O) groups excluding carboxylic acids is 2. The minimum absolute atomic E-state index is 0.184. The van der Waals surface area contributed by atoms with E-state index in [1.54, 1.807) is 41.5 Å². The first-order valence-corrected chi connectivity index (χ1v) is 8.20. The lowest BCUT2D eigenvalue weighted by molar-refractivity contribution is 0.0545. The number of nitrogens with two attached hydrogens (primary N) is 1. The Hall–Kier alpha value is -2.78. The van der Waals surface area contributed by atoms with E-state index in [9.17, 15) is 9.59 Å². The maximum atomic E-state index is 12.0. The van der Waals surface area contributed by atoms with Crippen LogP contribution in [0.15, 0.2) is 11.2 Å². The number of nitrogen functional groups attached to an aromatic ring is 1. The Morgan fingerprint density at radius 1 is 1.12 bits per heavy atom. The summed E-state index contributed by atoms with van der Waals surface area (Å²) in [4.78, 5) is 28.2. The molecule has 4 N–H and O–H groups in total. The molecule has 26 heavy (non-hydrogen) atoms. The Kier molecular flexibility index (Phi) is 6.60. The summed E-state index contributed by atoms with van der Waals surface area (Å²) in [6.45, 7) is 12.7. The lowest BCUT2D eigenvalue weighted by atomic mass is 10.2. The first-order valence-electron chi connectivity index (χ1n) is 8.20. The maximum Gasteiger partial charge on any atom is 0.414 e. The highest BCUT2D eigenvalue weighted by Gasteiger charge is 2.21. The zero-order valence-corrected chi connectivity index (χ0v) is 16.3. The molecule has 1 aromatic heterocycles. The second-order valence-corrected chi connectivity index (χ2v) is 7.45. The van der Waals surface area contributed by atoms with E-state index in [0.717, 1.165) is 0 Å². The first-order chi connectivity index (χ1) is 11.8. The van der Waals surface area contributed by atoms with Gasteiger partial charge < -0.3 is 15.2 Å². The minimum Gasteiger partial charge on any atom is -0.444 e. The van der Waals surface area contributed by atoms with Crippen molar-refractivity contribution in [1.29, 1.82) is 0 Å². The SMILES string of the molecule is CCn1ncc(N=C(NC(=O)OC(C)(C)C)NC(=O)OC(C)(C)C)c1N. The maximum absolute atomic E-state index is 12.0. The van der Waals surface area contributed by atoms with Gasteiger partial charge in [0.1, 0.15) is 22.7 Å². The smallest absolute Gasteiger partial charge is 0.414 e. The number of anilines is 1. The first kappa shape index (κ1) is 21.3. The molecule has 1 rings (SSSR count). The second kappa shape index (κ2) is 8.07. The number of hydrogen-bond acceptors (Lipinski definition) is 7. The molecule has 10 nitrogen and oxygen atoms in total. The predicted octanol–water partition coefficient (Wildman–Crippen LogP) is 2.52. The van der Waals surface area contributed by atoms with Gasteiger partial charge in [0.05, 0.1) is 6.20 Å². The van der Waals surface area contributed by atoms with Gasteiger partial charge in [-0.25, -0.2) is 19.3 Å². The molecule has 0 saturated heterocycles. The normalized spacial score (nSPS) is 11.5. The predicted molar refractivity (Wildman–Crippen MR) is 98.1 cm³/mol. The molecule has 146 valence electrons. The summed E-state index contributed by atoms with van der Waals surface area (Å²) < 4.78 is 11.9. The van der Waals surface area contributed by atoms with E-state index in [-0.39, 0.29) is 11.6 Å². The molecule has 1 aromatic rings. The van der Waals surface area contributed by atoms with E-state index < -0.39 is 23.4 Å². The highest BCUT2D eigenvalue weighted by molar-refractivity contribution is 6.02. The summed E-state index contributed by atoms with van der Waals surface area (Å²) in [5.74, 6) is 0.109. The fourth-order valence-corrected chi connectivity index (χ4v) is 1.73. The minimum atomic E-state index is -0.784. The third-order valence-corrected chi connectivity index (χ3v) is 2.63. The summed E-state index contributed by atoms with van der Waals surface area (Å²) in [5.41, 5.74) is 4.79. The number of amides is 2. The van der Waals surface area contributed by atoms with Gasteiger partial charge in [0.15, 0.2) is 0 Å². The lowest BCUT2D eigenvalue weighted by Crippen LogP contribution is -2.47. The molecular weight excluding hydrogens is 340 g/mol. The van der Waals surface area contributed by atoms with Crippen molar-refractivity contribution in [2.45, 2.75) is 66.2 Å². The van der Waals surface area contributed by atoms with Gasteiger partial charge in [-0.3, -0.25) is 10.6 Å². The third-order valence-electron chi connectivity index (χ3n) is 2.63. The summed E-state index contributed by atoms with van der Waals surface area (Å²) in [5, 5.41) is 8.82. The van der Waals surface area contributed by atoms with Crippen molar-refractivity contribution in [1.82, 2.24) is 20.4 Å². The zero-order valence-electron chi connectivity index (χ0n) is 16.3. The van der Waals surface area contributed by atoms with Gasteiger partial charge >= 0.3 is 12.2 Å². The molecule has 0 bridgehead atoms. The molecule has 2 amide bonds. The van der Waals surface area contributed by atoms with Crippen LogP contribution in [-0.4, -0.2) is 39.1 Å². The van der Waals surface area contributed by atoms with E-state index >= 15 is 0 Å². The van der Waals surface area contributed by atoms with Crippen molar-refractivity contribution in [3.63, 3.8) is 0 Å². The molecule has 10 heteroatoms. The number of nitrogens with one attached hydrogen (secondary N) is 2. The molecule has 0 unspecified atom stereocenters. The molecule has 0 aromatic carbocycles. The van der Waals surface area contributed by atoms with Crippen LogP contribution in [0.25, 0.3) is 0 Å². The van der Waals surface area contributed by atoms with Crippen LogP contribution >= 0.6 is 0 Å². The van der Waals surface area contributed by atoms with Crippen molar-refractivity contribution in [2.24, 2.45) is 4.99 Å². The fourth-order valence-electron chi connectivity index (χ4n) is 1.73. The molecule has 0 saturated carbocycles. The van der Waals surface area contributed by atoms with Crippen LogP contribution in [0.4, 0.5) is 21.1 Å². The number of aromatic nitrogens is 2. The van der Waals surface area contributed by atoms with Crippen molar-refractivity contribution in [2.75, 3.05) is 5.73 Å². The number of carbonyl (C=O) groups is 2. The fraction of sp³-hybridized carbons (Fsp3) is 0.625. The molecule has 0 atom stereocenters. The number of aryl methyl sites for hydroxylation is 1. The Morgan fingerprint density at radius 3 is 1.92 bits per heavy atom. The van der Waals surface area contributed by atoms with E-state index in [1.165, 1.54) is 10.9 Å². The molecule has 1 heterocycles. The number of nitrogens with zero attached hydrogens (tertiary/aromatic N) is 3. The average Bonchev–Trinajstić information content (AvgIpc) is 2.74. The Labute approximate surface area is 153 Å². The number of hydrogen-bond donors (Lipinski definition) is 3. The van der Waals surface area contributed by atoms with Crippen LogP contribution in [0.3, 0.4) is 0 Å². The van der Waals surface area contributed by atoms with Gasteiger partial charge in [0.25, 0.3) is 0 Å². The highest BCUT2D eigenvalue weighted by atomic mass is 16.6. The van der Waals surface area contributed by atoms with Crippen molar-refractivity contribution < 1.29 is 19.1 Å². The summed E-state index contributed by atoms with van der Waals surface area (Å²) in [6.07, 6.45) is -0.144. The topological polar surface area (TPSA) is 133 Å². The second-order valence-electron chi connectivity index (χ2n) is 7.45. The van der Waals surface area contributed by atoms with Crippen LogP contribution < -0.4 is 16.4 Å². The van der Waals surface area contributed by atoms with Crippen LogP contribution in [0.1, 0.15) is 48.5 Å². The van der Waals surface area contributed by atoms with E-state index in [1.807, 2.05) is 6.92 Å². The largest absolute Gasteiger partial charge is 0.444 e. The van der Waals surface area contributed by atoms with Gasteiger partial charge in [0, 0.05) is 6.54 Å². The Balaban J connectivity index is 3.04. The van der Waals surface area contributed by atoms with Crippen LogP contribution in [0, 0.1) is 0 Å². The van der Waals surface area contributed by atoms with E-state index in [2.05, 4.69) is 20.7 Å². The summed E-state index contributed by atoms with van der Waals surface area (Å²) in [7, 11) is 0. The van der Waals surface area contributed by atoms with Crippen molar-refractivity contribution in [3.05, 3.63) is 6.20 Å². The third kappa shape index (κ3) is 7.41. The Morgan fingerprint density at radius 2 is 1.58 bits per heavy atom. The van der Waals surface area contributed by atoms with Crippen LogP contribution in [0.2, 0.25) is 0 Å². The van der Waals surface area contributed by atoms with Gasteiger partial charge in [-0.05, 0) is 48.5 Å². The zero-order chi connectivity index (χ0) is 20.1.